The van der Waals surface area contributed by atoms with Gasteiger partial charge >= 0.3 is 5.97 Å². The maximum Gasteiger partial charge on any atom is 0.373 e. The summed E-state index contributed by atoms with van der Waals surface area (Å²) in [5, 5.41) is 0. The van der Waals surface area contributed by atoms with Crippen LogP contribution in [0.5, 0.6) is 0 Å². The molecule has 0 spiro atoms. The van der Waals surface area contributed by atoms with E-state index in [0.717, 1.165) is 19.3 Å². The van der Waals surface area contributed by atoms with Gasteiger partial charge in [-0.2, -0.15) is 0 Å². The number of carbonyl (C=O) groups excluding carboxylic acids is 1. The number of methoxy groups -OCH3 is 1. The van der Waals surface area contributed by atoms with E-state index in [2.05, 4.69) is 9.46 Å². The molecule has 0 aliphatic heterocycles. The number of esters is 1. The largest absolute Gasteiger partial charge is 0.463 e. The Balaban J connectivity index is 0.00000288. The molecule has 0 amide bonds. The molecule has 1 saturated carbocycles. The van der Waals surface area contributed by atoms with Crippen LogP contribution in [0, 0.1) is 12.8 Å². The summed E-state index contributed by atoms with van der Waals surface area (Å²) in [5.41, 5.74) is 5.24. The van der Waals surface area contributed by atoms with Gasteiger partial charge in [-0.1, -0.05) is 19.8 Å². The van der Waals surface area contributed by atoms with Crippen molar-refractivity contribution in [3.05, 3.63) is 17.6 Å². The van der Waals surface area contributed by atoms with Crippen LogP contribution in [-0.4, -0.2) is 33.6 Å². The maximum atomic E-state index is 12.8. The molecule has 1 fully saturated rings. The third-order valence-corrected chi connectivity index (χ3v) is 6.36. The molecule has 2 rings (SSSR count). The average Bonchev–Trinajstić information content (AvgIpc) is 2.91. The van der Waals surface area contributed by atoms with Gasteiger partial charge < -0.3 is 14.9 Å². The quantitative estimate of drug-likeness (QED) is 0.755. The summed E-state index contributed by atoms with van der Waals surface area (Å²) in [6.07, 6.45) is 3.63. The van der Waals surface area contributed by atoms with E-state index in [0.29, 0.717) is 6.42 Å². The molecule has 0 bridgehead atoms. The van der Waals surface area contributed by atoms with Crippen LogP contribution in [0.4, 0.5) is 0 Å². The van der Waals surface area contributed by atoms with Gasteiger partial charge in [0.1, 0.15) is 10.7 Å². The first-order valence-corrected chi connectivity index (χ1v) is 9.17. The predicted octanol–water partition coefficient (Wildman–Crippen LogP) is 1.98. The van der Waals surface area contributed by atoms with Gasteiger partial charge in [-0.3, -0.25) is 0 Å². The lowest BCUT2D eigenvalue weighted by molar-refractivity contribution is 0.0563. The average molecular weight is 381 g/mol. The number of nitrogens with two attached hydrogens (primary N) is 1. The van der Waals surface area contributed by atoms with Crippen LogP contribution in [0.25, 0.3) is 0 Å². The lowest BCUT2D eigenvalue weighted by Gasteiger charge is -2.42. The number of halogens is 1. The highest BCUT2D eigenvalue weighted by molar-refractivity contribution is 7.89. The molecule has 9 heteroatoms. The fourth-order valence-corrected chi connectivity index (χ4v) is 4.88. The molecule has 1 aliphatic carbocycles. The summed E-state index contributed by atoms with van der Waals surface area (Å²) in [6, 6.07) is 1.20. The Morgan fingerprint density at radius 2 is 2.17 bits per heavy atom. The topological polar surface area (TPSA) is 112 Å². The van der Waals surface area contributed by atoms with E-state index in [1.807, 2.05) is 6.92 Å². The van der Waals surface area contributed by atoms with Gasteiger partial charge in [0, 0.05) is 18.2 Å². The molecule has 7 nitrogen and oxygen atoms in total. The highest BCUT2D eigenvalue weighted by Crippen LogP contribution is 2.34. The van der Waals surface area contributed by atoms with E-state index in [9.17, 15) is 13.2 Å². The number of hydrogen-bond acceptors (Lipinski definition) is 6. The zero-order valence-electron chi connectivity index (χ0n) is 14.1. The first-order chi connectivity index (χ1) is 10.8. The molecule has 0 saturated heterocycles. The van der Waals surface area contributed by atoms with E-state index in [1.165, 1.54) is 20.1 Å². The minimum absolute atomic E-state index is 0. The van der Waals surface area contributed by atoms with E-state index >= 15 is 0 Å². The Morgan fingerprint density at radius 1 is 1.50 bits per heavy atom. The smallest absolute Gasteiger partial charge is 0.373 e. The molecule has 1 aromatic rings. The van der Waals surface area contributed by atoms with E-state index < -0.39 is 21.5 Å². The first-order valence-electron chi connectivity index (χ1n) is 7.68. The minimum Gasteiger partial charge on any atom is -0.463 e. The fourth-order valence-electron chi connectivity index (χ4n) is 3.17. The molecular weight excluding hydrogens is 356 g/mol. The molecule has 2 atom stereocenters. The van der Waals surface area contributed by atoms with Crippen LogP contribution in [0.3, 0.4) is 0 Å². The number of furan rings is 1. The van der Waals surface area contributed by atoms with Crippen molar-refractivity contribution in [3.63, 3.8) is 0 Å². The van der Waals surface area contributed by atoms with Crippen LogP contribution in [-0.2, 0) is 14.8 Å². The second-order valence-corrected chi connectivity index (χ2v) is 7.79. The zero-order chi connectivity index (χ0) is 17.3. The van der Waals surface area contributed by atoms with E-state index in [1.54, 1.807) is 0 Å². The van der Waals surface area contributed by atoms with Crippen molar-refractivity contribution in [2.45, 2.75) is 50.0 Å². The van der Waals surface area contributed by atoms with Crippen molar-refractivity contribution in [1.29, 1.82) is 0 Å². The third-order valence-electron chi connectivity index (χ3n) is 4.70. The number of aryl methyl sites for hydroxylation is 1. The number of carbonyl (C=O) groups is 1. The zero-order valence-corrected chi connectivity index (χ0v) is 15.8. The van der Waals surface area contributed by atoms with Crippen LogP contribution in [0.15, 0.2) is 15.4 Å². The first kappa shape index (κ1) is 21.0. The number of ether oxygens (including phenoxy) is 1. The summed E-state index contributed by atoms with van der Waals surface area (Å²) >= 11 is 0. The Morgan fingerprint density at radius 3 is 2.71 bits per heavy atom. The number of sulfonamides is 1. The van der Waals surface area contributed by atoms with Crippen molar-refractivity contribution < 1.29 is 22.4 Å². The molecule has 0 aromatic carbocycles. The van der Waals surface area contributed by atoms with Gasteiger partial charge in [-0.15, -0.1) is 12.4 Å². The molecule has 3 N–H and O–H groups in total. The third kappa shape index (κ3) is 3.93. The molecule has 1 heterocycles. The maximum absolute atomic E-state index is 12.8. The summed E-state index contributed by atoms with van der Waals surface area (Å²) in [6.45, 7) is 3.74. The van der Waals surface area contributed by atoms with Gasteiger partial charge in [0.05, 0.1) is 7.11 Å². The van der Waals surface area contributed by atoms with Crippen LogP contribution in [0.1, 0.15) is 48.9 Å². The van der Waals surface area contributed by atoms with Gasteiger partial charge in [0.2, 0.25) is 15.8 Å². The molecule has 24 heavy (non-hydrogen) atoms. The molecule has 1 aromatic heterocycles. The Kier molecular flexibility index (Phi) is 6.86. The van der Waals surface area contributed by atoms with Crippen molar-refractivity contribution in [2.24, 2.45) is 11.7 Å². The minimum atomic E-state index is -3.85. The lowest BCUT2D eigenvalue weighted by atomic mass is 9.74. The van der Waals surface area contributed by atoms with Crippen LogP contribution >= 0.6 is 12.4 Å². The molecule has 0 radical (unpaired) electrons. The summed E-state index contributed by atoms with van der Waals surface area (Å²) in [5.74, 6) is -0.560. The fraction of sp³-hybridized carbons (Fsp3) is 0.667. The highest BCUT2D eigenvalue weighted by Gasteiger charge is 2.41. The van der Waals surface area contributed by atoms with Gasteiger partial charge in [-0.05, 0) is 25.7 Å². The number of hydrogen-bond donors (Lipinski definition) is 2. The summed E-state index contributed by atoms with van der Waals surface area (Å²) in [4.78, 5) is 11.5. The molecular formula is C15H25ClN2O5S. The van der Waals surface area contributed by atoms with Crippen molar-refractivity contribution in [3.8, 4) is 0 Å². The molecule has 1 aliphatic rings. The van der Waals surface area contributed by atoms with E-state index in [4.69, 9.17) is 10.2 Å². The highest BCUT2D eigenvalue weighted by atomic mass is 35.5. The van der Waals surface area contributed by atoms with Crippen LogP contribution in [0.2, 0.25) is 0 Å². The van der Waals surface area contributed by atoms with Crippen molar-refractivity contribution in [2.75, 3.05) is 13.7 Å². The van der Waals surface area contributed by atoms with Gasteiger partial charge in [-0.25, -0.2) is 17.9 Å². The Labute approximate surface area is 148 Å². The second-order valence-electron chi connectivity index (χ2n) is 6.14. The monoisotopic (exact) mass is 380 g/mol. The number of rotatable bonds is 5. The normalized spacial score (nSPS) is 24.2. The van der Waals surface area contributed by atoms with Gasteiger partial charge in [0.15, 0.2) is 0 Å². The Hall–Kier alpha value is -1.09. The van der Waals surface area contributed by atoms with Crippen LogP contribution < -0.4 is 10.5 Å². The molecule has 138 valence electrons. The lowest BCUT2D eigenvalue weighted by Crippen LogP contribution is -2.58. The van der Waals surface area contributed by atoms with Crippen molar-refractivity contribution in [1.82, 2.24) is 4.72 Å². The number of nitrogens with one attached hydrogen (secondary N) is 1. The Bertz CT molecular complexity index is 688. The van der Waals surface area contributed by atoms with E-state index in [-0.39, 0.29) is 41.3 Å². The summed E-state index contributed by atoms with van der Waals surface area (Å²) in [7, 11) is -2.64. The standard InChI is InChI=1S/C15H24N2O5S.ClH/c1-10-6-4-5-7-15(10,9-16)17-23(19,20)13-8-12(14(18)21-3)22-11(13)2;/h8,10,17H,4-7,9,16H2,1-3H3;1H. The van der Waals surface area contributed by atoms with Crippen molar-refractivity contribution >= 4 is 28.4 Å². The summed E-state index contributed by atoms with van der Waals surface area (Å²) < 4.78 is 38.1. The van der Waals surface area contributed by atoms with Gasteiger partial charge in [0.25, 0.3) is 0 Å². The second kappa shape index (κ2) is 7.86. The molecule has 2 unspecified atom stereocenters. The SMILES string of the molecule is COC(=O)c1cc(S(=O)(=O)NC2(CN)CCCCC2C)c(C)o1.Cl. The predicted molar refractivity (Wildman–Crippen MR) is 91.8 cm³/mol.